The summed E-state index contributed by atoms with van der Waals surface area (Å²) in [6, 6.07) is 9.12. The first-order valence-corrected chi connectivity index (χ1v) is 14.1. The van der Waals surface area contributed by atoms with Crippen molar-refractivity contribution in [3.8, 4) is 11.3 Å². The van der Waals surface area contributed by atoms with Crippen LogP contribution in [-0.4, -0.2) is 79.5 Å². The molecule has 0 bridgehead atoms. The summed E-state index contributed by atoms with van der Waals surface area (Å²) in [4.78, 5) is 25.8. The third-order valence-electron chi connectivity index (χ3n) is 7.81. The third-order valence-corrected chi connectivity index (χ3v) is 9.60. The fourth-order valence-corrected chi connectivity index (χ4v) is 6.69. The van der Waals surface area contributed by atoms with Crippen LogP contribution in [0, 0.1) is 12.8 Å². The molecule has 0 spiro atoms. The summed E-state index contributed by atoms with van der Waals surface area (Å²) in [5.74, 6) is -2.70. The van der Waals surface area contributed by atoms with Gasteiger partial charge in [-0.05, 0) is 30.7 Å². The molecule has 1 atom stereocenters. The molecular formula is C26H31Cl2F2N7O3S. The average Bonchev–Trinajstić information content (AvgIpc) is 3.21. The van der Waals surface area contributed by atoms with E-state index >= 15 is 0 Å². The van der Waals surface area contributed by atoms with E-state index in [1.165, 1.54) is 7.05 Å². The molecule has 1 aliphatic carbocycles. The van der Waals surface area contributed by atoms with E-state index in [1.54, 1.807) is 47.1 Å². The molecule has 6 rings (SSSR count). The Labute approximate surface area is 250 Å². The number of fused-ring (bicyclic) bond motifs is 1. The number of halogens is 4. The summed E-state index contributed by atoms with van der Waals surface area (Å²) in [6.45, 7) is 3.98. The van der Waals surface area contributed by atoms with Gasteiger partial charge in [-0.3, -0.25) is 13.4 Å². The molecule has 2 aromatic heterocycles. The number of pyridine rings is 1. The summed E-state index contributed by atoms with van der Waals surface area (Å²) < 4.78 is 57.1. The molecule has 1 saturated heterocycles. The Morgan fingerprint density at radius 2 is 1.73 bits per heavy atom. The van der Waals surface area contributed by atoms with Crippen molar-refractivity contribution in [1.82, 2.24) is 19.4 Å². The maximum Gasteiger partial charge on any atom is 0.326 e. The summed E-state index contributed by atoms with van der Waals surface area (Å²) in [7, 11) is -0.698. The van der Waals surface area contributed by atoms with Crippen molar-refractivity contribution in [3.63, 3.8) is 0 Å². The van der Waals surface area contributed by atoms with Crippen molar-refractivity contribution in [2.45, 2.75) is 19.3 Å². The highest BCUT2D eigenvalue weighted by molar-refractivity contribution is 7.94. The van der Waals surface area contributed by atoms with Crippen molar-refractivity contribution >= 4 is 58.1 Å². The molecule has 10 nitrogen and oxygen atoms in total. The molecule has 1 saturated carbocycles. The summed E-state index contributed by atoms with van der Waals surface area (Å²) in [5.41, 5.74) is 3.19. The Morgan fingerprint density at radius 1 is 1.05 bits per heavy atom. The third kappa shape index (κ3) is 5.30. The molecule has 2 fully saturated rings. The van der Waals surface area contributed by atoms with Gasteiger partial charge >= 0.3 is 10.2 Å². The fourth-order valence-electron chi connectivity index (χ4n) is 5.23. The zero-order chi connectivity index (χ0) is 27.7. The first-order chi connectivity index (χ1) is 18.5. The number of amides is 1. The minimum absolute atomic E-state index is 0. The molecule has 1 unspecified atom stereocenters. The van der Waals surface area contributed by atoms with E-state index in [0.29, 0.717) is 49.1 Å². The lowest BCUT2D eigenvalue weighted by molar-refractivity contribution is 0.0730. The molecule has 1 amide bonds. The zero-order valence-corrected chi connectivity index (χ0v) is 25.1. The predicted molar refractivity (Wildman–Crippen MR) is 158 cm³/mol. The van der Waals surface area contributed by atoms with Crippen molar-refractivity contribution in [2.24, 2.45) is 13.0 Å². The van der Waals surface area contributed by atoms with Gasteiger partial charge < -0.3 is 14.4 Å². The molecule has 3 aromatic rings. The van der Waals surface area contributed by atoms with Gasteiger partial charge in [-0.2, -0.15) is 8.42 Å². The van der Waals surface area contributed by atoms with Gasteiger partial charge in [-0.25, -0.2) is 18.7 Å². The molecule has 2 aliphatic heterocycles. The molecule has 4 heterocycles. The number of benzene rings is 1. The van der Waals surface area contributed by atoms with Crippen LogP contribution in [0.3, 0.4) is 0 Å². The second-order valence-electron chi connectivity index (χ2n) is 10.3. The first kappa shape index (κ1) is 30.8. The van der Waals surface area contributed by atoms with Gasteiger partial charge in [0.2, 0.25) is 0 Å². The Morgan fingerprint density at radius 3 is 2.34 bits per heavy atom. The van der Waals surface area contributed by atoms with Crippen LogP contribution in [0.4, 0.5) is 26.0 Å². The van der Waals surface area contributed by atoms with E-state index < -0.39 is 22.0 Å². The van der Waals surface area contributed by atoms with E-state index in [0.717, 1.165) is 25.6 Å². The van der Waals surface area contributed by atoms with Gasteiger partial charge in [0.05, 0.1) is 17.1 Å². The van der Waals surface area contributed by atoms with Crippen molar-refractivity contribution in [2.75, 3.05) is 53.3 Å². The molecule has 3 aliphatic rings. The van der Waals surface area contributed by atoms with E-state index in [1.807, 2.05) is 19.1 Å². The smallest absolute Gasteiger partial charge is 0.326 e. The molecule has 0 radical (unpaired) electrons. The van der Waals surface area contributed by atoms with Crippen LogP contribution in [0.2, 0.25) is 0 Å². The molecule has 1 aromatic carbocycles. The number of piperazine rings is 1. The van der Waals surface area contributed by atoms with E-state index in [4.69, 9.17) is 4.98 Å². The van der Waals surface area contributed by atoms with Crippen LogP contribution >= 0.6 is 24.8 Å². The lowest BCUT2D eigenvalue weighted by Crippen LogP contribution is -2.49. The van der Waals surface area contributed by atoms with Gasteiger partial charge in [0, 0.05) is 77.1 Å². The van der Waals surface area contributed by atoms with Crippen LogP contribution in [0.15, 0.2) is 42.7 Å². The minimum Gasteiger partial charge on any atom is -0.353 e. The second-order valence-corrected chi connectivity index (χ2v) is 12.2. The standard InChI is InChI=1S/C26H29F2N7O3S.2ClH/c1-17-4-7-22(33-10-12-34(13-11-33)25(36)24-29-8-9-31(24)2)30-23(17)18-5-6-20-21(14-18)32(3)39(37,38)35(20)16-19-15-26(19,27)28;;/h4-9,14,19H,10-13,15-16H2,1-3H3;2*1H. The van der Waals surface area contributed by atoms with Crippen molar-refractivity contribution < 1.29 is 22.0 Å². The summed E-state index contributed by atoms with van der Waals surface area (Å²) in [6.07, 6.45) is 3.06. The average molecular weight is 631 g/mol. The van der Waals surface area contributed by atoms with Crippen molar-refractivity contribution in [3.05, 3.63) is 54.1 Å². The molecule has 41 heavy (non-hydrogen) atoms. The SMILES string of the molecule is Cc1ccc(N2CCN(C(=O)c3nccn3C)CC2)nc1-c1ccc2c(c1)N(C)S(=O)(=O)N2CC1CC1(F)F.Cl.Cl. The fraction of sp³-hybridized carbons (Fsp3) is 0.423. The Balaban J connectivity index is 0.00000194. The van der Waals surface area contributed by atoms with Crippen LogP contribution < -0.4 is 13.5 Å². The van der Waals surface area contributed by atoms with E-state index in [2.05, 4.69) is 9.88 Å². The van der Waals surface area contributed by atoms with Gasteiger partial charge in [0.1, 0.15) is 5.82 Å². The number of carbonyl (C=O) groups is 1. The maximum atomic E-state index is 13.6. The monoisotopic (exact) mass is 629 g/mol. The number of aryl methyl sites for hydroxylation is 2. The van der Waals surface area contributed by atoms with Crippen LogP contribution in [-0.2, 0) is 17.3 Å². The lowest BCUT2D eigenvalue weighted by Gasteiger charge is -2.35. The first-order valence-electron chi connectivity index (χ1n) is 12.8. The number of rotatable bonds is 5. The number of nitrogens with zero attached hydrogens (tertiary/aromatic N) is 7. The van der Waals surface area contributed by atoms with E-state index in [9.17, 15) is 22.0 Å². The number of carbonyl (C=O) groups excluding carboxylic acids is 1. The Kier molecular flexibility index (Phi) is 8.20. The number of anilines is 3. The molecule has 15 heteroatoms. The van der Waals surface area contributed by atoms with E-state index in [-0.39, 0.29) is 43.7 Å². The summed E-state index contributed by atoms with van der Waals surface area (Å²) >= 11 is 0. The van der Waals surface area contributed by atoms with Crippen LogP contribution in [0.25, 0.3) is 11.3 Å². The quantitative estimate of drug-likeness (QED) is 0.427. The summed E-state index contributed by atoms with van der Waals surface area (Å²) in [5, 5.41) is 0. The highest BCUT2D eigenvalue weighted by Gasteiger charge is 2.59. The van der Waals surface area contributed by atoms with Crippen LogP contribution in [0.5, 0.6) is 0 Å². The van der Waals surface area contributed by atoms with Gasteiger partial charge in [-0.1, -0.05) is 12.1 Å². The topological polar surface area (TPSA) is 94.9 Å². The lowest BCUT2D eigenvalue weighted by atomic mass is 10.0. The number of alkyl halides is 2. The number of aromatic nitrogens is 3. The largest absolute Gasteiger partial charge is 0.353 e. The highest BCUT2D eigenvalue weighted by Crippen LogP contribution is 2.51. The van der Waals surface area contributed by atoms with Gasteiger partial charge in [0.15, 0.2) is 5.82 Å². The van der Waals surface area contributed by atoms with Gasteiger partial charge in [-0.15, -0.1) is 24.8 Å². The normalized spacial score (nSPS) is 20.3. The van der Waals surface area contributed by atoms with Crippen molar-refractivity contribution in [1.29, 1.82) is 0 Å². The molecule has 222 valence electrons. The van der Waals surface area contributed by atoms with Gasteiger partial charge in [0.25, 0.3) is 11.8 Å². The number of hydrogen-bond donors (Lipinski definition) is 0. The Bertz CT molecular complexity index is 1580. The predicted octanol–water partition coefficient (Wildman–Crippen LogP) is 3.75. The molecule has 0 N–H and O–H groups in total. The molecular weight excluding hydrogens is 599 g/mol. The van der Waals surface area contributed by atoms with Crippen LogP contribution in [0.1, 0.15) is 22.6 Å². The maximum absolute atomic E-state index is 13.6. The zero-order valence-electron chi connectivity index (χ0n) is 22.7. The minimum atomic E-state index is -3.93. The number of hydrogen-bond acceptors (Lipinski definition) is 6. The highest BCUT2D eigenvalue weighted by atomic mass is 35.5. The Hall–Kier alpha value is -3.16. The number of imidazole rings is 1. The second kappa shape index (κ2) is 10.9.